The number of rotatable bonds is 4. The van der Waals surface area contributed by atoms with Crippen LogP contribution in [0.4, 0.5) is 0 Å². The maximum absolute atomic E-state index is 3.52. The fourth-order valence-corrected chi connectivity index (χ4v) is 1.96. The molecule has 0 bridgehead atoms. The van der Waals surface area contributed by atoms with Gasteiger partial charge in [-0.05, 0) is 24.8 Å². The number of hydrogen-bond acceptors (Lipinski definition) is 1. The lowest BCUT2D eigenvalue weighted by Crippen LogP contribution is -2.28. The average Bonchev–Trinajstić information content (AvgIpc) is 2.37. The second kappa shape index (κ2) is 6.29. The monoisotopic (exact) mass is 213 g/mol. The van der Waals surface area contributed by atoms with Crippen molar-refractivity contribution in [3.63, 3.8) is 0 Å². The molecule has 1 N–H and O–H groups in total. The summed E-state index contributed by atoms with van der Waals surface area (Å²) in [5.74, 6) is 0. The molecule has 1 heteroatoms. The smallest absolute Gasteiger partial charge is 0.0253 e. The second-order valence-electron chi connectivity index (χ2n) is 4.19. The summed E-state index contributed by atoms with van der Waals surface area (Å²) < 4.78 is 0. The number of allylic oxidation sites excluding steroid dienone is 1. The van der Waals surface area contributed by atoms with Crippen molar-refractivity contribution in [1.29, 1.82) is 0 Å². The fourth-order valence-electron chi connectivity index (χ4n) is 1.96. The number of benzene rings is 1. The van der Waals surface area contributed by atoms with Crippen LogP contribution in [-0.4, -0.2) is 12.6 Å². The molecule has 0 aromatic heterocycles. The van der Waals surface area contributed by atoms with Crippen LogP contribution in [0.5, 0.6) is 0 Å². The molecule has 1 aliphatic carbocycles. The molecule has 1 aliphatic rings. The molecular formula is C15H19N. The van der Waals surface area contributed by atoms with E-state index in [0.717, 1.165) is 6.54 Å². The van der Waals surface area contributed by atoms with E-state index in [1.54, 1.807) is 0 Å². The quantitative estimate of drug-likeness (QED) is 0.756. The number of hydrogen-bond donors (Lipinski definition) is 1. The SMILES string of the molecule is C1=CC(NC/C=C/c2ccccc2)CCC1. The molecule has 1 unspecified atom stereocenters. The Labute approximate surface area is 97.9 Å². The van der Waals surface area contributed by atoms with Gasteiger partial charge in [0.15, 0.2) is 0 Å². The molecule has 16 heavy (non-hydrogen) atoms. The molecule has 0 radical (unpaired) electrons. The molecule has 0 amide bonds. The van der Waals surface area contributed by atoms with Crippen molar-refractivity contribution in [3.8, 4) is 0 Å². The summed E-state index contributed by atoms with van der Waals surface area (Å²) in [6.07, 6.45) is 12.8. The summed E-state index contributed by atoms with van der Waals surface area (Å²) in [5.41, 5.74) is 1.27. The van der Waals surface area contributed by atoms with E-state index in [4.69, 9.17) is 0 Å². The first kappa shape index (κ1) is 11.2. The molecule has 2 rings (SSSR count). The van der Waals surface area contributed by atoms with Crippen molar-refractivity contribution in [1.82, 2.24) is 5.32 Å². The van der Waals surface area contributed by atoms with E-state index < -0.39 is 0 Å². The molecule has 1 nitrogen and oxygen atoms in total. The van der Waals surface area contributed by atoms with Crippen LogP contribution in [0.25, 0.3) is 6.08 Å². The zero-order valence-electron chi connectivity index (χ0n) is 9.60. The van der Waals surface area contributed by atoms with Crippen LogP contribution in [0.15, 0.2) is 48.6 Å². The van der Waals surface area contributed by atoms with Gasteiger partial charge in [0.2, 0.25) is 0 Å². The van der Waals surface area contributed by atoms with Crippen LogP contribution < -0.4 is 5.32 Å². The van der Waals surface area contributed by atoms with Crippen molar-refractivity contribution in [2.24, 2.45) is 0 Å². The van der Waals surface area contributed by atoms with Gasteiger partial charge in [0.1, 0.15) is 0 Å². The Bertz CT molecular complexity index is 351. The summed E-state index contributed by atoms with van der Waals surface area (Å²) in [6.45, 7) is 0.948. The van der Waals surface area contributed by atoms with Gasteiger partial charge < -0.3 is 5.32 Å². The van der Waals surface area contributed by atoms with Crippen molar-refractivity contribution in [3.05, 3.63) is 54.1 Å². The van der Waals surface area contributed by atoms with Gasteiger partial charge in [0.05, 0.1) is 0 Å². The standard InChI is InChI=1S/C15H19N/c1-3-8-14(9-4-1)10-7-13-16-15-11-5-2-6-12-15/h1,3-5,7-11,15-16H,2,6,12-13H2/b10-7+. The van der Waals surface area contributed by atoms with E-state index >= 15 is 0 Å². The third kappa shape index (κ3) is 3.67. The van der Waals surface area contributed by atoms with Crippen molar-refractivity contribution in [2.75, 3.05) is 6.54 Å². The predicted molar refractivity (Wildman–Crippen MR) is 70.3 cm³/mol. The van der Waals surface area contributed by atoms with E-state index in [2.05, 4.69) is 53.9 Å². The van der Waals surface area contributed by atoms with Crippen LogP contribution >= 0.6 is 0 Å². The first-order valence-corrected chi connectivity index (χ1v) is 6.07. The molecule has 0 saturated carbocycles. The largest absolute Gasteiger partial charge is 0.307 e. The topological polar surface area (TPSA) is 12.0 Å². The van der Waals surface area contributed by atoms with Gasteiger partial charge in [-0.1, -0.05) is 54.6 Å². The van der Waals surface area contributed by atoms with Gasteiger partial charge in [-0.25, -0.2) is 0 Å². The number of nitrogens with one attached hydrogen (secondary N) is 1. The second-order valence-corrected chi connectivity index (χ2v) is 4.19. The van der Waals surface area contributed by atoms with Crippen LogP contribution in [-0.2, 0) is 0 Å². The minimum absolute atomic E-state index is 0.578. The Hall–Kier alpha value is -1.34. The predicted octanol–water partition coefficient (Wildman–Crippen LogP) is 3.40. The summed E-state index contributed by atoms with van der Waals surface area (Å²) >= 11 is 0. The van der Waals surface area contributed by atoms with Gasteiger partial charge >= 0.3 is 0 Å². The summed E-state index contributed by atoms with van der Waals surface area (Å²) in [4.78, 5) is 0. The maximum Gasteiger partial charge on any atom is 0.0253 e. The van der Waals surface area contributed by atoms with Gasteiger partial charge in [0.25, 0.3) is 0 Å². The Balaban J connectivity index is 1.73. The Kier molecular flexibility index (Phi) is 4.38. The maximum atomic E-state index is 3.52. The molecule has 0 fully saturated rings. The van der Waals surface area contributed by atoms with Gasteiger partial charge in [-0.3, -0.25) is 0 Å². The molecule has 1 atom stereocenters. The molecule has 1 aromatic rings. The zero-order valence-corrected chi connectivity index (χ0v) is 9.60. The Morgan fingerprint density at radius 2 is 2.12 bits per heavy atom. The van der Waals surface area contributed by atoms with Crippen molar-refractivity contribution >= 4 is 6.08 Å². The first-order valence-electron chi connectivity index (χ1n) is 6.07. The molecule has 0 spiro atoms. The third-order valence-corrected chi connectivity index (χ3v) is 2.86. The van der Waals surface area contributed by atoms with Crippen LogP contribution in [0, 0.1) is 0 Å². The highest BCUT2D eigenvalue weighted by Crippen LogP contribution is 2.09. The fraction of sp³-hybridized carbons (Fsp3) is 0.333. The lowest BCUT2D eigenvalue weighted by atomic mass is 10.0. The highest BCUT2D eigenvalue weighted by atomic mass is 14.9. The molecule has 84 valence electrons. The normalized spacial score (nSPS) is 20.4. The van der Waals surface area contributed by atoms with E-state index in [1.165, 1.54) is 24.8 Å². The van der Waals surface area contributed by atoms with Crippen molar-refractivity contribution in [2.45, 2.75) is 25.3 Å². The lowest BCUT2D eigenvalue weighted by Gasteiger charge is -2.16. The highest BCUT2D eigenvalue weighted by Gasteiger charge is 2.05. The minimum Gasteiger partial charge on any atom is -0.307 e. The molecule has 0 saturated heterocycles. The van der Waals surface area contributed by atoms with E-state index in [-0.39, 0.29) is 0 Å². The van der Waals surface area contributed by atoms with Gasteiger partial charge in [-0.15, -0.1) is 0 Å². The van der Waals surface area contributed by atoms with Gasteiger partial charge in [-0.2, -0.15) is 0 Å². The lowest BCUT2D eigenvalue weighted by molar-refractivity contribution is 0.548. The molecular weight excluding hydrogens is 194 g/mol. The molecule has 0 heterocycles. The van der Waals surface area contributed by atoms with E-state index in [0.29, 0.717) is 6.04 Å². The van der Waals surface area contributed by atoms with Crippen LogP contribution in [0.1, 0.15) is 24.8 Å². The van der Waals surface area contributed by atoms with Gasteiger partial charge in [0, 0.05) is 12.6 Å². The Morgan fingerprint density at radius 3 is 2.88 bits per heavy atom. The minimum atomic E-state index is 0.578. The average molecular weight is 213 g/mol. The first-order chi connectivity index (χ1) is 7.95. The van der Waals surface area contributed by atoms with E-state index in [1.807, 2.05) is 6.07 Å². The third-order valence-electron chi connectivity index (χ3n) is 2.86. The Morgan fingerprint density at radius 1 is 1.25 bits per heavy atom. The molecule has 1 aromatic carbocycles. The van der Waals surface area contributed by atoms with E-state index in [9.17, 15) is 0 Å². The van der Waals surface area contributed by atoms with Crippen molar-refractivity contribution < 1.29 is 0 Å². The molecule has 0 aliphatic heterocycles. The van der Waals surface area contributed by atoms with Crippen LogP contribution in [0.2, 0.25) is 0 Å². The zero-order chi connectivity index (χ0) is 11.1. The van der Waals surface area contributed by atoms with Crippen LogP contribution in [0.3, 0.4) is 0 Å². The summed E-state index contributed by atoms with van der Waals surface area (Å²) in [7, 11) is 0. The summed E-state index contributed by atoms with van der Waals surface area (Å²) in [6, 6.07) is 11.0. The highest BCUT2D eigenvalue weighted by molar-refractivity contribution is 5.48. The summed E-state index contributed by atoms with van der Waals surface area (Å²) in [5, 5.41) is 3.52.